The number of rotatable bonds is 68. The molecule has 0 heterocycles. The van der Waals surface area contributed by atoms with Crippen LogP contribution in [-0.2, 0) is 14.3 Å². The van der Waals surface area contributed by atoms with Crippen LogP contribution in [0.2, 0.25) is 0 Å². The Balaban J connectivity index is 3.43. The molecule has 6 heteroatoms. The van der Waals surface area contributed by atoms with Crippen LogP contribution in [0.3, 0.4) is 0 Å². The van der Waals surface area contributed by atoms with Gasteiger partial charge in [-0.05, 0) is 44.9 Å². The third-order valence-electron chi connectivity index (χ3n) is 17.0. The van der Waals surface area contributed by atoms with Crippen LogP contribution < -0.4 is 5.32 Å². The molecular weight excluding hydrogens is 971 g/mol. The predicted octanol–water partition coefficient (Wildman–Crippen LogP) is 23.3. The quantitative estimate of drug-likeness (QED) is 0.0320. The fraction of sp³-hybridized carbons (Fsp3) is 0.918. The monoisotopic (exact) mass is 1110 g/mol. The fourth-order valence-corrected chi connectivity index (χ4v) is 11.5. The number of ether oxygens (including phenoxy) is 1. The molecule has 1 amide bonds. The van der Waals surface area contributed by atoms with Gasteiger partial charge in [-0.3, -0.25) is 9.59 Å². The number of carbonyl (C=O) groups excluding carboxylic acids is 2. The Hall–Kier alpha value is -1.66. The summed E-state index contributed by atoms with van der Waals surface area (Å²) >= 11 is 0. The third kappa shape index (κ3) is 65.4. The van der Waals surface area contributed by atoms with E-state index in [4.69, 9.17) is 4.74 Å². The minimum Gasteiger partial charge on any atom is -0.465 e. The molecule has 3 N–H and O–H groups in total. The number of hydrogen-bond acceptors (Lipinski definition) is 5. The van der Waals surface area contributed by atoms with Gasteiger partial charge in [0.1, 0.15) is 0 Å². The zero-order valence-corrected chi connectivity index (χ0v) is 53.6. The summed E-state index contributed by atoms with van der Waals surface area (Å²) in [6.07, 6.45) is 86.7. The lowest BCUT2D eigenvalue weighted by Crippen LogP contribution is -2.45. The third-order valence-corrected chi connectivity index (χ3v) is 17.0. The van der Waals surface area contributed by atoms with Gasteiger partial charge in [0.2, 0.25) is 5.91 Å². The van der Waals surface area contributed by atoms with Crippen LogP contribution in [0.25, 0.3) is 0 Å². The average Bonchev–Trinajstić information content (AvgIpc) is 3.45. The Morgan fingerprint density at radius 3 is 0.962 bits per heavy atom. The van der Waals surface area contributed by atoms with Gasteiger partial charge in [-0.1, -0.05) is 372 Å². The minimum atomic E-state index is -0.669. The second kappa shape index (κ2) is 68.8. The number of unbranched alkanes of at least 4 members (excludes halogenated alkanes) is 53. The molecule has 468 valence electrons. The van der Waals surface area contributed by atoms with Crippen molar-refractivity contribution < 1.29 is 24.5 Å². The Kier molecular flexibility index (Phi) is 67.4. The van der Waals surface area contributed by atoms with E-state index in [0.29, 0.717) is 25.9 Å². The predicted molar refractivity (Wildman–Crippen MR) is 347 cm³/mol. The molecule has 0 rings (SSSR count). The van der Waals surface area contributed by atoms with Crippen LogP contribution in [0.5, 0.6) is 0 Å². The Morgan fingerprint density at radius 1 is 0.354 bits per heavy atom. The topological polar surface area (TPSA) is 95.9 Å². The molecule has 0 saturated carbocycles. The number of allylic oxidation sites excluding steroid dienone is 3. The number of aliphatic hydroxyl groups is 2. The van der Waals surface area contributed by atoms with E-state index < -0.39 is 12.1 Å². The van der Waals surface area contributed by atoms with E-state index in [1.54, 1.807) is 0 Å². The summed E-state index contributed by atoms with van der Waals surface area (Å²) in [6.45, 7) is 4.89. The second-order valence-electron chi connectivity index (χ2n) is 24.9. The lowest BCUT2D eigenvalue weighted by atomic mass is 10.0. The average molecular weight is 1110 g/mol. The molecule has 0 spiro atoms. The maximum Gasteiger partial charge on any atom is 0.305 e. The summed E-state index contributed by atoms with van der Waals surface area (Å²) in [4.78, 5) is 24.6. The first-order valence-electron chi connectivity index (χ1n) is 36.1. The zero-order chi connectivity index (χ0) is 57.1. The highest BCUT2D eigenvalue weighted by molar-refractivity contribution is 5.76. The van der Waals surface area contributed by atoms with E-state index in [-0.39, 0.29) is 18.5 Å². The van der Waals surface area contributed by atoms with Gasteiger partial charge in [0.05, 0.1) is 25.4 Å². The molecule has 6 nitrogen and oxygen atoms in total. The second-order valence-corrected chi connectivity index (χ2v) is 24.9. The lowest BCUT2D eigenvalue weighted by molar-refractivity contribution is -0.143. The lowest BCUT2D eigenvalue weighted by Gasteiger charge is -2.22. The Labute approximate surface area is 494 Å². The van der Waals surface area contributed by atoms with E-state index >= 15 is 0 Å². The number of aliphatic hydroxyl groups excluding tert-OH is 2. The van der Waals surface area contributed by atoms with Crippen molar-refractivity contribution in [3.05, 3.63) is 24.3 Å². The molecule has 2 unspecified atom stereocenters. The van der Waals surface area contributed by atoms with Crippen LogP contribution in [0, 0.1) is 0 Å². The van der Waals surface area contributed by atoms with E-state index in [0.717, 1.165) is 51.4 Å². The number of esters is 1. The van der Waals surface area contributed by atoms with Crippen molar-refractivity contribution in [1.29, 1.82) is 0 Å². The number of amides is 1. The molecule has 2 atom stereocenters. The van der Waals surface area contributed by atoms with Crippen molar-refractivity contribution >= 4 is 11.9 Å². The Morgan fingerprint density at radius 2 is 0.633 bits per heavy atom. The SMILES string of the molecule is CCCCCCCCCCCCCCCCCCCCCCCCCCC(O)C(CO)NC(=O)CCCCCCCCCCCCCCCC/C=C\C/C=C\CCOC(=O)CCCCCCCCCCCCCCCCCCC. The zero-order valence-electron chi connectivity index (χ0n) is 53.6. The summed E-state index contributed by atoms with van der Waals surface area (Å²) in [6, 6.07) is -0.547. The largest absolute Gasteiger partial charge is 0.465 e. The molecule has 0 aliphatic rings. The fourth-order valence-electron chi connectivity index (χ4n) is 11.5. The highest BCUT2D eigenvalue weighted by Crippen LogP contribution is 2.19. The van der Waals surface area contributed by atoms with Gasteiger partial charge in [0.25, 0.3) is 0 Å². The summed E-state index contributed by atoms with van der Waals surface area (Å²) in [7, 11) is 0. The highest BCUT2D eigenvalue weighted by atomic mass is 16.5. The normalized spacial score (nSPS) is 12.6. The van der Waals surface area contributed by atoms with Gasteiger partial charge in [-0.15, -0.1) is 0 Å². The molecule has 0 aromatic rings. The van der Waals surface area contributed by atoms with Crippen LogP contribution >= 0.6 is 0 Å². The maximum atomic E-state index is 12.6. The maximum absolute atomic E-state index is 12.6. The number of hydrogen-bond donors (Lipinski definition) is 3. The standard InChI is InChI=1S/C73H141NO5/c1-3-5-7-9-11-13-15-17-19-21-22-23-24-25-27-30-34-37-41-45-49-53-57-61-65-71(76)70(69-75)74-72(77)66-62-58-54-50-46-42-38-35-31-28-26-29-32-36-40-44-48-52-56-60-64-68-79-73(78)67-63-59-55-51-47-43-39-33-20-18-16-14-12-10-8-6-4-2/h44,48,56,60,70-71,75-76H,3-43,45-47,49-55,57-59,61-69H2,1-2H3,(H,74,77)/b48-44-,60-56-. The minimum absolute atomic E-state index is 0.0301. The summed E-state index contributed by atoms with van der Waals surface area (Å²) in [5, 5.41) is 23.4. The molecule has 0 aromatic heterocycles. The van der Waals surface area contributed by atoms with E-state index in [2.05, 4.69) is 43.5 Å². The van der Waals surface area contributed by atoms with Gasteiger partial charge in [-0.25, -0.2) is 0 Å². The van der Waals surface area contributed by atoms with Crippen molar-refractivity contribution in [3.63, 3.8) is 0 Å². The van der Waals surface area contributed by atoms with E-state index in [1.165, 1.54) is 321 Å². The van der Waals surface area contributed by atoms with Crippen LogP contribution in [0.15, 0.2) is 24.3 Å². The first kappa shape index (κ1) is 77.3. The van der Waals surface area contributed by atoms with Gasteiger partial charge in [0.15, 0.2) is 0 Å². The van der Waals surface area contributed by atoms with Crippen molar-refractivity contribution in [1.82, 2.24) is 5.32 Å². The summed E-state index contributed by atoms with van der Waals surface area (Å²) in [5.74, 6) is -0.0649. The molecule has 0 bridgehead atoms. The van der Waals surface area contributed by atoms with Crippen molar-refractivity contribution in [2.24, 2.45) is 0 Å². The van der Waals surface area contributed by atoms with Crippen LogP contribution in [0.4, 0.5) is 0 Å². The van der Waals surface area contributed by atoms with Crippen LogP contribution in [-0.4, -0.2) is 47.4 Å². The van der Waals surface area contributed by atoms with Crippen molar-refractivity contribution in [3.8, 4) is 0 Å². The van der Waals surface area contributed by atoms with E-state index in [1.807, 2.05) is 0 Å². The molecule has 0 saturated heterocycles. The number of nitrogens with one attached hydrogen (secondary N) is 1. The van der Waals surface area contributed by atoms with Crippen molar-refractivity contribution in [2.75, 3.05) is 13.2 Å². The molecular formula is C73H141NO5. The Bertz CT molecular complexity index is 1230. The van der Waals surface area contributed by atoms with Crippen molar-refractivity contribution in [2.45, 2.75) is 418 Å². The number of carbonyl (C=O) groups is 2. The smallest absolute Gasteiger partial charge is 0.305 e. The summed E-state index contributed by atoms with van der Waals surface area (Å²) < 4.78 is 5.44. The first-order valence-corrected chi connectivity index (χ1v) is 36.1. The highest BCUT2D eigenvalue weighted by Gasteiger charge is 2.20. The molecule has 0 aliphatic carbocycles. The van der Waals surface area contributed by atoms with Gasteiger partial charge in [0, 0.05) is 12.8 Å². The van der Waals surface area contributed by atoms with Gasteiger partial charge < -0.3 is 20.3 Å². The molecule has 0 radical (unpaired) electrons. The first-order chi connectivity index (χ1) is 39.0. The molecule has 0 aromatic carbocycles. The molecule has 79 heavy (non-hydrogen) atoms. The van der Waals surface area contributed by atoms with E-state index in [9.17, 15) is 19.8 Å². The molecule has 0 aliphatic heterocycles. The van der Waals surface area contributed by atoms with Crippen LogP contribution in [0.1, 0.15) is 406 Å². The summed E-state index contributed by atoms with van der Waals surface area (Å²) in [5.41, 5.74) is 0. The van der Waals surface area contributed by atoms with Gasteiger partial charge in [-0.2, -0.15) is 0 Å². The van der Waals surface area contributed by atoms with Gasteiger partial charge >= 0.3 is 5.97 Å². The molecule has 0 fully saturated rings.